The third-order valence-corrected chi connectivity index (χ3v) is 4.05. The summed E-state index contributed by atoms with van der Waals surface area (Å²) in [5, 5.41) is 6.49. The van der Waals surface area contributed by atoms with E-state index in [4.69, 9.17) is 4.74 Å². The highest BCUT2D eigenvalue weighted by molar-refractivity contribution is 7.98. The number of amides is 1. The maximum absolute atomic E-state index is 11.8. The molecular weight excluding hydrogens is 236 g/mol. The molecule has 1 aliphatic rings. The summed E-state index contributed by atoms with van der Waals surface area (Å²) in [5.74, 6) is 1.09. The fourth-order valence-corrected chi connectivity index (χ4v) is 2.88. The van der Waals surface area contributed by atoms with Crippen LogP contribution in [0.2, 0.25) is 0 Å². The summed E-state index contributed by atoms with van der Waals surface area (Å²) in [5.41, 5.74) is -0.0521. The molecule has 17 heavy (non-hydrogen) atoms. The van der Waals surface area contributed by atoms with Gasteiger partial charge in [-0.15, -0.1) is 0 Å². The predicted molar refractivity (Wildman–Crippen MR) is 72.4 cm³/mol. The molecule has 0 aromatic heterocycles. The van der Waals surface area contributed by atoms with Crippen molar-refractivity contribution in [1.82, 2.24) is 10.6 Å². The van der Waals surface area contributed by atoms with Crippen LogP contribution in [-0.2, 0) is 9.53 Å². The number of methoxy groups -OCH3 is 1. The second-order valence-corrected chi connectivity index (χ2v) is 5.73. The summed E-state index contributed by atoms with van der Waals surface area (Å²) >= 11 is 1.70. The lowest BCUT2D eigenvalue weighted by Crippen LogP contribution is -2.53. The van der Waals surface area contributed by atoms with Gasteiger partial charge in [-0.3, -0.25) is 4.79 Å². The van der Waals surface area contributed by atoms with Gasteiger partial charge in [-0.25, -0.2) is 0 Å². The van der Waals surface area contributed by atoms with Crippen molar-refractivity contribution in [2.75, 3.05) is 38.8 Å². The summed E-state index contributed by atoms with van der Waals surface area (Å²) < 4.78 is 5.25. The van der Waals surface area contributed by atoms with E-state index in [0.29, 0.717) is 13.2 Å². The Kier molecular flexibility index (Phi) is 6.30. The van der Waals surface area contributed by atoms with Crippen LogP contribution in [-0.4, -0.2) is 50.3 Å². The Morgan fingerprint density at radius 1 is 1.65 bits per heavy atom. The molecule has 4 nitrogen and oxygen atoms in total. The Hall–Kier alpha value is -0.260. The molecule has 2 N–H and O–H groups in total. The summed E-state index contributed by atoms with van der Waals surface area (Å²) in [7, 11) is 1.71. The SMILES string of the molecule is COCC1(CNC(=O)C(C)CSC)CCCN1. The largest absolute Gasteiger partial charge is 0.383 e. The van der Waals surface area contributed by atoms with E-state index in [1.807, 2.05) is 13.2 Å². The van der Waals surface area contributed by atoms with Crippen molar-refractivity contribution in [3.8, 4) is 0 Å². The van der Waals surface area contributed by atoms with E-state index in [9.17, 15) is 4.79 Å². The highest BCUT2D eigenvalue weighted by atomic mass is 32.2. The fourth-order valence-electron chi connectivity index (χ4n) is 2.23. The summed E-state index contributed by atoms with van der Waals surface area (Å²) in [4.78, 5) is 11.8. The van der Waals surface area contributed by atoms with Crippen molar-refractivity contribution in [2.45, 2.75) is 25.3 Å². The second kappa shape index (κ2) is 7.24. The Bertz CT molecular complexity index is 243. The van der Waals surface area contributed by atoms with Gasteiger partial charge < -0.3 is 15.4 Å². The molecule has 1 rings (SSSR count). The molecule has 0 spiro atoms. The topological polar surface area (TPSA) is 50.4 Å². The summed E-state index contributed by atoms with van der Waals surface area (Å²) in [6.45, 7) is 4.30. The number of rotatable bonds is 7. The van der Waals surface area contributed by atoms with E-state index in [0.717, 1.165) is 25.1 Å². The lowest BCUT2D eigenvalue weighted by atomic mass is 9.98. The molecule has 0 radical (unpaired) electrons. The Balaban J connectivity index is 2.39. The zero-order valence-electron chi connectivity index (χ0n) is 11.0. The lowest BCUT2D eigenvalue weighted by Gasteiger charge is -2.29. The van der Waals surface area contributed by atoms with Crippen LogP contribution in [0, 0.1) is 5.92 Å². The first kappa shape index (κ1) is 14.8. The average Bonchev–Trinajstić information content (AvgIpc) is 2.76. The molecule has 0 aromatic carbocycles. The molecule has 1 saturated heterocycles. The second-order valence-electron chi connectivity index (χ2n) is 4.82. The number of thioether (sulfide) groups is 1. The Morgan fingerprint density at radius 2 is 2.41 bits per heavy atom. The van der Waals surface area contributed by atoms with E-state index in [1.54, 1.807) is 18.9 Å². The van der Waals surface area contributed by atoms with Crippen LogP contribution < -0.4 is 10.6 Å². The standard InChI is InChI=1S/C12H24N2O2S/c1-10(7-17-3)11(15)13-8-12(9-16-2)5-4-6-14-12/h10,14H,4-9H2,1-3H3,(H,13,15). The van der Waals surface area contributed by atoms with Crippen LogP contribution in [0.3, 0.4) is 0 Å². The molecule has 0 bridgehead atoms. The van der Waals surface area contributed by atoms with Gasteiger partial charge in [0.05, 0.1) is 12.1 Å². The van der Waals surface area contributed by atoms with Crippen molar-refractivity contribution in [1.29, 1.82) is 0 Å². The molecule has 2 atom stereocenters. The average molecular weight is 260 g/mol. The molecule has 1 amide bonds. The van der Waals surface area contributed by atoms with Crippen molar-refractivity contribution >= 4 is 17.7 Å². The van der Waals surface area contributed by atoms with Gasteiger partial charge in [0.1, 0.15) is 0 Å². The number of hydrogen-bond donors (Lipinski definition) is 2. The molecular formula is C12H24N2O2S. The number of hydrogen-bond acceptors (Lipinski definition) is 4. The van der Waals surface area contributed by atoms with Gasteiger partial charge in [-0.1, -0.05) is 6.92 Å². The molecule has 5 heteroatoms. The highest BCUT2D eigenvalue weighted by Gasteiger charge is 2.34. The predicted octanol–water partition coefficient (Wildman–Crippen LogP) is 0.870. The first-order valence-corrected chi connectivity index (χ1v) is 7.53. The normalized spacial score (nSPS) is 25.8. The molecule has 0 saturated carbocycles. The minimum atomic E-state index is -0.0521. The van der Waals surface area contributed by atoms with Crippen molar-refractivity contribution in [2.24, 2.45) is 5.92 Å². The Morgan fingerprint density at radius 3 is 2.94 bits per heavy atom. The van der Waals surface area contributed by atoms with Crippen molar-refractivity contribution < 1.29 is 9.53 Å². The first-order valence-electron chi connectivity index (χ1n) is 6.14. The van der Waals surface area contributed by atoms with Gasteiger partial charge >= 0.3 is 0 Å². The van der Waals surface area contributed by atoms with Crippen LogP contribution in [0.4, 0.5) is 0 Å². The van der Waals surface area contributed by atoms with Crippen LogP contribution in [0.5, 0.6) is 0 Å². The van der Waals surface area contributed by atoms with Crippen LogP contribution in [0.1, 0.15) is 19.8 Å². The summed E-state index contributed by atoms with van der Waals surface area (Å²) in [6.07, 6.45) is 4.24. The van der Waals surface area contributed by atoms with E-state index in [-0.39, 0.29) is 17.4 Å². The molecule has 2 unspecified atom stereocenters. The first-order chi connectivity index (χ1) is 8.13. The monoisotopic (exact) mass is 260 g/mol. The van der Waals surface area contributed by atoms with Gasteiger partial charge in [0.2, 0.25) is 5.91 Å². The Labute approximate surface area is 108 Å². The van der Waals surface area contributed by atoms with E-state index < -0.39 is 0 Å². The smallest absolute Gasteiger partial charge is 0.223 e. The molecule has 100 valence electrons. The number of carbonyl (C=O) groups is 1. The van der Waals surface area contributed by atoms with E-state index in [1.165, 1.54) is 0 Å². The van der Waals surface area contributed by atoms with E-state index in [2.05, 4.69) is 10.6 Å². The quantitative estimate of drug-likeness (QED) is 0.713. The molecule has 0 aliphatic carbocycles. The third kappa shape index (κ3) is 4.48. The number of nitrogens with one attached hydrogen (secondary N) is 2. The van der Waals surface area contributed by atoms with Gasteiger partial charge in [0, 0.05) is 25.3 Å². The van der Waals surface area contributed by atoms with Gasteiger partial charge in [-0.05, 0) is 25.6 Å². The van der Waals surface area contributed by atoms with E-state index >= 15 is 0 Å². The molecule has 1 fully saturated rings. The van der Waals surface area contributed by atoms with Crippen LogP contribution >= 0.6 is 11.8 Å². The number of ether oxygens (including phenoxy) is 1. The maximum atomic E-state index is 11.8. The zero-order chi connectivity index (χ0) is 12.7. The minimum Gasteiger partial charge on any atom is -0.383 e. The highest BCUT2D eigenvalue weighted by Crippen LogP contribution is 2.19. The molecule has 1 aliphatic heterocycles. The summed E-state index contributed by atoms with van der Waals surface area (Å²) in [6, 6.07) is 0. The fraction of sp³-hybridized carbons (Fsp3) is 0.917. The maximum Gasteiger partial charge on any atom is 0.223 e. The van der Waals surface area contributed by atoms with Crippen LogP contribution in [0.25, 0.3) is 0 Å². The van der Waals surface area contributed by atoms with Gasteiger partial charge in [-0.2, -0.15) is 11.8 Å². The van der Waals surface area contributed by atoms with Crippen molar-refractivity contribution in [3.05, 3.63) is 0 Å². The van der Waals surface area contributed by atoms with Gasteiger partial charge in [0.25, 0.3) is 0 Å². The third-order valence-electron chi connectivity index (χ3n) is 3.22. The minimum absolute atomic E-state index is 0.0521. The number of carbonyl (C=O) groups excluding carboxylic acids is 1. The molecule has 1 heterocycles. The molecule has 0 aromatic rings. The van der Waals surface area contributed by atoms with Crippen molar-refractivity contribution in [3.63, 3.8) is 0 Å². The lowest BCUT2D eigenvalue weighted by molar-refractivity contribution is -0.124. The zero-order valence-corrected chi connectivity index (χ0v) is 11.9. The van der Waals surface area contributed by atoms with Gasteiger partial charge in [0.15, 0.2) is 0 Å². The van der Waals surface area contributed by atoms with Crippen LogP contribution in [0.15, 0.2) is 0 Å².